The summed E-state index contributed by atoms with van der Waals surface area (Å²) in [6, 6.07) is 23.1. The number of carbonyl (C=O) groups is 3. The van der Waals surface area contributed by atoms with Crippen molar-refractivity contribution in [3.8, 4) is 11.1 Å². The molecular weight excluding hydrogens is 502 g/mol. The van der Waals surface area contributed by atoms with Crippen molar-refractivity contribution < 1.29 is 23.2 Å². The van der Waals surface area contributed by atoms with Crippen LogP contribution in [0.4, 0.5) is 8.78 Å². The minimum absolute atomic E-state index is 0.183. The van der Waals surface area contributed by atoms with Gasteiger partial charge >= 0.3 is 0 Å². The number of carbonyl (C=O) groups excluding carboxylic acids is 3. The van der Waals surface area contributed by atoms with E-state index in [1.807, 2.05) is 0 Å². The van der Waals surface area contributed by atoms with Gasteiger partial charge in [0.1, 0.15) is 5.82 Å². The van der Waals surface area contributed by atoms with Crippen molar-refractivity contribution in [1.82, 2.24) is 20.4 Å². The van der Waals surface area contributed by atoms with Crippen LogP contribution < -0.4 is 5.32 Å². The second kappa shape index (κ2) is 9.60. The zero-order valence-corrected chi connectivity index (χ0v) is 20.3. The summed E-state index contributed by atoms with van der Waals surface area (Å²) >= 11 is 0. The highest BCUT2D eigenvalue weighted by Gasteiger charge is 2.37. The van der Waals surface area contributed by atoms with Crippen LogP contribution >= 0.6 is 0 Å². The number of aromatic amines is 1. The lowest BCUT2D eigenvalue weighted by Gasteiger charge is -2.24. The first-order chi connectivity index (χ1) is 18.9. The van der Waals surface area contributed by atoms with E-state index in [1.54, 1.807) is 72.8 Å². The van der Waals surface area contributed by atoms with Gasteiger partial charge in [0.05, 0.1) is 34.6 Å². The zero-order chi connectivity index (χ0) is 27.1. The van der Waals surface area contributed by atoms with Crippen molar-refractivity contribution in [3.63, 3.8) is 0 Å². The van der Waals surface area contributed by atoms with Crippen molar-refractivity contribution in [3.05, 3.63) is 125 Å². The van der Waals surface area contributed by atoms with Crippen molar-refractivity contribution in [2.45, 2.75) is 6.04 Å². The minimum Gasteiger partial charge on any atom is -0.343 e. The van der Waals surface area contributed by atoms with Gasteiger partial charge in [0.15, 0.2) is 0 Å². The molecule has 6 rings (SSSR count). The Hall–Kier alpha value is -5.18. The third kappa shape index (κ3) is 4.44. The highest BCUT2D eigenvalue weighted by atomic mass is 19.1. The summed E-state index contributed by atoms with van der Waals surface area (Å²) in [6.07, 6.45) is 0. The van der Waals surface area contributed by atoms with Gasteiger partial charge in [0.25, 0.3) is 17.7 Å². The molecule has 0 saturated heterocycles. The molecule has 0 radical (unpaired) electrons. The fourth-order valence-corrected chi connectivity index (χ4v) is 4.79. The van der Waals surface area contributed by atoms with Crippen LogP contribution in [-0.4, -0.2) is 39.4 Å². The average Bonchev–Trinajstić information content (AvgIpc) is 3.44. The highest BCUT2D eigenvalue weighted by molar-refractivity contribution is 6.21. The zero-order valence-electron chi connectivity index (χ0n) is 20.3. The second-order valence-electron chi connectivity index (χ2n) is 9.20. The lowest BCUT2D eigenvalue weighted by atomic mass is 10.0. The molecule has 3 amide bonds. The normalized spacial score (nSPS) is 13.5. The average molecular weight is 523 g/mol. The smallest absolute Gasteiger partial charge is 0.261 e. The number of halogens is 2. The van der Waals surface area contributed by atoms with Crippen LogP contribution in [0.1, 0.15) is 42.7 Å². The number of amides is 3. The van der Waals surface area contributed by atoms with E-state index in [-0.39, 0.29) is 17.7 Å². The van der Waals surface area contributed by atoms with Crippen molar-refractivity contribution in [2.24, 2.45) is 0 Å². The molecule has 2 heterocycles. The Kier molecular flexibility index (Phi) is 5.95. The fraction of sp³-hybridized carbons (Fsp3) is 0.0667. The summed E-state index contributed by atoms with van der Waals surface area (Å²) in [5.74, 6) is -2.51. The monoisotopic (exact) mass is 522 g/mol. The van der Waals surface area contributed by atoms with Gasteiger partial charge < -0.3 is 5.32 Å². The summed E-state index contributed by atoms with van der Waals surface area (Å²) in [4.78, 5) is 40.4. The summed E-state index contributed by atoms with van der Waals surface area (Å²) < 4.78 is 28.2. The van der Waals surface area contributed by atoms with Crippen LogP contribution in [0.2, 0.25) is 0 Å². The van der Waals surface area contributed by atoms with Crippen LogP contribution in [0, 0.1) is 11.8 Å². The van der Waals surface area contributed by atoms with Gasteiger partial charge in [-0.05, 0) is 65.2 Å². The first-order valence-corrected chi connectivity index (χ1v) is 12.1. The molecule has 9 heteroatoms. The van der Waals surface area contributed by atoms with Crippen LogP contribution in [0.3, 0.4) is 0 Å². The van der Waals surface area contributed by atoms with E-state index in [0.29, 0.717) is 33.2 Å². The van der Waals surface area contributed by atoms with Crippen molar-refractivity contribution in [1.29, 1.82) is 0 Å². The molecular formula is C30H20F2N4O3. The predicted molar refractivity (Wildman–Crippen MR) is 140 cm³/mol. The number of nitrogens with one attached hydrogen (secondary N) is 2. The lowest BCUT2D eigenvalue weighted by molar-refractivity contribution is 0.0629. The summed E-state index contributed by atoms with van der Waals surface area (Å²) in [6.45, 7) is -0.183. The van der Waals surface area contributed by atoms with Gasteiger partial charge in [-0.1, -0.05) is 42.5 Å². The Morgan fingerprint density at radius 2 is 1.56 bits per heavy atom. The molecule has 7 nitrogen and oxygen atoms in total. The first kappa shape index (κ1) is 24.2. The van der Waals surface area contributed by atoms with E-state index < -0.39 is 35.5 Å². The number of nitrogens with zero attached hydrogens (tertiary/aromatic N) is 2. The van der Waals surface area contributed by atoms with E-state index in [2.05, 4.69) is 15.5 Å². The van der Waals surface area contributed by atoms with Crippen LogP contribution in [0.25, 0.3) is 22.0 Å². The molecule has 39 heavy (non-hydrogen) atoms. The summed E-state index contributed by atoms with van der Waals surface area (Å²) in [5.41, 5.74) is 3.10. The molecule has 5 aromatic rings. The number of fused-ring (bicyclic) bond motifs is 2. The van der Waals surface area contributed by atoms with Crippen molar-refractivity contribution >= 4 is 28.6 Å². The molecule has 0 aliphatic carbocycles. The minimum atomic E-state index is -0.879. The molecule has 0 saturated carbocycles. The van der Waals surface area contributed by atoms with Crippen LogP contribution in [0.15, 0.2) is 91.0 Å². The van der Waals surface area contributed by atoms with Gasteiger partial charge in [-0.25, -0.2) is 4.39 Å². The number of hydrogen-bond donors (Lipinski definition) is 2. The fourth-order valence-electron chi connectivity index (χ4n) is 4.79. The van der Waals surface area contributed by atoms with Gasteiger partial charge in [-0.2, -0.15) is 9.49 Å². The molecule has 1 aliphatic heterocycles. The van der Waals surface area contributed by atoms with E-state index in [1.165, 1.54) is 18.2 Å². The van der Waals surface area contributed by atoms with Crippen LogP contribution in [-0.2, 0) is 0 Å². The largest absolute Gasteiger partial charge is 0.343 e. The number of H-pyrrole nitrogens is 1. The summed E-state index contributed by atoms with van der Waals surface area (Å²) in [5, 5.41) is 9.38. The number of aromatic nitrogens is 2. The molecule has 192 valence electrons. The molecule has 0 spiro atoms. The van der Waals surface area contributed by atoms with E-state index in [9.17, 15) is 23.2 Å². The Labute approximate surface area is 221 Å². The third-order valence-electron chi connectivity index (χ3n) is 6.77. The number of rotatable bonds is 6. The van der Waals surface area contributed by atoms with E-state index >= 15 is 0 Å². The van der Waals surface area contributed by atoms with Gasteiger partial charge in [0.2, 0.25) is 5.95 Å². The SMILES string of the molecule is O=C(NC(CN1C(=O)c2ccccc2C1=O)c1cccc(F)c1)c1cccc(-c2ccc3n[nH]c(F)c3c2)c1. The lowest BCUT2D eigenvalue weighted by Crippen LogP contribution is -2.40. The standard InChI is InChI=1S/C30H20F2N4O3/c31-21-8-4-6-19(14-21)26(16-36-29(38)22-9-1-2-10-23(22)30(36)39)33-28(37)20-7-3-5-17(13-20)18-11-12-25-24(15-18)27(32)35-34-25/h1-15,26H,16H2,(H,33,37)(H,34,35). The third-order valence-corrected chi connectivity index (χ3v) is 6.77. The quantitative estimate of drug-likeness (QED) is 0.297. The second-order valence-corrected chi connectivity index (χ2v) is 9.20. The number of imide groups is 1. The van der Waals surface area contributed by atoms with Gasteiger partial charge in [-0.15, -0.1) is 0 Å². The molecule has 1 unspecified atom stereocenters. The van der Waals surface area contributed by atoms with Gasteiger partial charge in [0, 0.05) is 5.56 Å². The molecule has 0 bridgehead atoms. The van der Waals surface area contributed by atoms with Crippen LogP contribution in [0.5, 0.6) is 0 Å². The molecule has 1 atom stereocenters. The first-order valence-electron chi connectivity index (χ1n) is 12.1. The topological polar surface area (TPSA) is 95.2 Å². The maximum absolute atomic E-state index is 14.1. The van der Waals surface area contributed by atoms with E-state index in [0.717, 1.165) is 4.90 Å². The summed E-state index contributed by atoms with van der Waals surface area (Å²) in [7, 11) is 0. The number of hydrogen-bond acceptors (Lipinski definition) is 4. The molecule has 1 aromatic heterocycles. The molecule has 2 N–H and O–H groups in total. The highest BCUT2D eigenvalue weighted by Crippen LogP contribution is 2.28. The van der Waals surface area contributed by atoms with Gasteiger partial charge in [-0.3, -0.25) is 24.4 Å². The number of benzene rings is 4. The predicted octanol–water partition coefficient (Wildman–Crippen LogP) is 5.28. The Morgan fingerprint density at radius 3 is 2.31 bits per heavy atom. The molecule has 4 aromatic carbocycles. The van der Waals surface area contributed by atoms with E-state index in [4.69, 9.17) is 0 Å². The molecule has 0 fully saturated rings. The van der Waals surface area contributed by atoms with Crippen molar-refractivity contribution in [2.75, 3.05) is 6.54 Å². The Morgan fingerprint density at radius 1 is 0.846 bits per heavy atom. The molecule has 1 aliphatic rings. The maximum Gasteiger partial charge on any atom is 0.261 e. The Bertz CT molecular complexity index is 1750. The maximum atomic E-state index is 14.1. The Balaban J connectivity index is 1.29.